The van der Waals surface area contributed by atoms with Gasteiger partial charge in [0.2, 0.25) is 11.8 Å². The summed E-state index contributed by atoms with van der Waals surface area (Å²) in [6.07, 6.45) is 0.235. The molecule has 1 heterocycles. The fraction of sp³-hybridized carbons (Fsp3) is 0.125. The summed E-state index contributed by atoms with van der Waals surface area (Å²) in [5.41, 5.74) is 1.52. The first-order valence-corrected chi connectivity index (χ1v) is 7.13. The van der Waals surface area contributed by atoms with E-state index in [-0.39, 0.29) is 24.2 Å². The van der Waals surface area contributed by atoms with Crippen LogP contribution in [0.15, 0.2) is 59.1 Å². The number of halogens is 1. The highest BCUT2D eigenvalue weighted by molar-refractivity contribution is 9.10. The number of carbonyl (C=O) groups is 2. The molecular formula is C16H12BrNO2. The lowest BCUT2D eigenvalue weighted by molar-refractivity contribution is -0.121. The molecule has 0 bridgehead atoms. The number of hydrogen-bond donors (Lipinski definition) is 0. The molecule has 1 aliphatic rings. The lowest BCUT2D eigenvalue weighted by Gasteiger charge is -2.15. The molecule has 1 saturated heterocycles. The Hall–Kier alpha value is -1.94. The van der Waals surface area contributed by atoms with E-state index in [1.54, 1.807) is 12.1 Å². The van der Waals surface area contributed by atoms with Crippen molar-refractivity contribution in [3.63, 3.8) is 0 Å². The monoisotopic (exact) mass is 329 g/mol. The van der Waals surface area contributed by atoms with Gasteiger partial charge in [-0.3, -0.25) is 14.5 Å². The van der Waals surface area contributed by atoms with Crippen LogP contribution in [-0.4, -0.2) is 11.8 Å². The van der Waals surface area contributed by atoms with Gasteiger partial charge in [-0.05, 0) is 29.8 Å². The molecule has 3 nitrogen and oxygen atoms in total. The van der Waals surface area contributed by atoms with Crippen molar-refractivity contribution in [3.05, 3.63) is 64.6 Å². The van der Waals surface area contributed by atoms with Crippen molar-refractivity contribution in [2.24, 2.45) is 0 Å². The Bertz CT molecular complexity index is 652. The van der Waals surface area contributed by atoms with Crippen LogP contribution in [0.3, 0.4) is 0 Å². The Morgan fingerprint density at radius 3 is 2.25 bits per heavy atom. The van der Waals surface area contributed by atoms with Gasteiger partial charge in [-0.1, -0.05) is 46.3 Å². The Labute approximate surface area is 125 Å². The van der Waals surface area contributed by atoms with Crippen molar-refractivity contribution in [1.82, 2.24) is 0 Å². The van der Waals surface area contributed by atoms with E-state index in [0.29, 0.717) is 5.69 Å². The predicted octanol–water partition coefficient (Wildman–Crippen LogP) is 3.50. The molecule has 0 radical (unpaired) electrons. The molecule has 2 aromatic carbocycles. The second-order valence-electron chi connectivity index (χ2n) is 4.71. The first kappa shape index (κ1) is 13.1. The van der Waals surface area contributed by atoms with Gasteiger partial charge in [0.15, 0.2) is 0 Å². The SMILES string of the molecule is O=C1C[C@@H](c2ccccc2)C(=O)N1c1ccc(Br)cc1. The fourth-order valence-electron chi connectivity index (χ4n) is 2.44. The molecule has 1 fully saturated rings. The zero-order valence-electron chi connectivity index (χ0n) is 10.6. The van der Waals surface area contributed by atoms with Gasteiger partial charge >= 0.3 is 0 Å². The topological polar surface area (TPSA) is 37.4 Å². The molecule has 4 heteroatoms. The normalized spacial score (nSPS) is 18.6. The zero-order chi connectivity index (χ0) is 14.1. The minimum atomic E-state index is -0.368. The van der Waals surface area contributed by atoms with Gasteiger partial charge in [0, 0.05) is 10.9 Å². The Morgan fingerprint density at radius 2 is 1.60 bits per heavy atom. The van der Waals surface area contributed by atoms with Gasteiger partial charge in [0.25, 0.3) is 0 Å². The van der Waals surface area contributed by atoms with Crippen molar-refractivity contribution in [1.29, 1.82) is 0 Å². The maximum atomic E-state index is 12.5. The van der Waals surface area contributed by atoms with Gasteiger partial charge in [-0.25, -0.2) is 0 Å². The van der Waals surface area contributed by atoms with Gasteiger partial charge in [0.05, 0.1) is 11.6 Å². The third-order valence-electron chi connectivity index (χ3n) is 3.43. The molecule has 0 aromatic heterocycles. The minimum absolute atomic E-state index is 0.147. The quantitative estimate of drug-likeness (QED) is 0.791. The molecule has 2 amide bonds. The maximum Gasteiger partial charge on any atom is 0.241 e. The van der Waals surface area contributed by atoms with E-state index in [2.05, 4.69) is 15.9 Å². The molecule has 100 valence electrons. The van der Waals surface area contributed by atoms with Crippen molar-refractivity contribution in [3.8, 4) is 0 Å². The number of hydrogen-bond acceptors (Lipinski definition) is 2. The molecule has 0 N–H and O–H groups in total. The average Bonchev–Trinajstić information content (AvgIpc) is 2.76. The molecule has 2 aromatic rings. The van der Waals surface area contributed by atoms with Crippen LogP contribution in [0.1, 0.15) is 17.9 Å². The van der Waals surface area contributed by atoms with Crippen LogP contribution >= 0.6 is 15.9 Å². The van der Waals surface area contributed by atoms with E-state index >= 15 is 0 Å². The average molecular weight is 330 g/mol. The zero-order valence-corrected chi connectivity index (χ0v) is 12.2. The summed E-state index contributed by atoms with van der Waals surface area (Å²) in [5, 5.41) is 0. The molecule has 1 aliphatic heterocycles. The smallest absolute Gasteiger partial charge is 0.241 e. The van der Waals surface area contributed by atoms with Crippen LogP contribution in [0, 0.1) is 0 Å². The van der Waals surface area contributed by atoms with Gasteiger partial charge in [0.1, 0.15) is 0 Å². The first-order chi connectivity index (χ1) is 9.66. The lowest BCUT2D eigenvalue weighted by atomic mass is 9.98. The summed E-state index contributed by atoms with van der Waals surface area (Å²) >= 11 is 3.34. The first-order valence-electron chi connectivity index (χ1n) is 6.34. The second kappa shape index (κ2) is 5.21. The highest BCUT2D eigenvalue weighted by atomic mass is 79.9. The van der Waals surface area contributed by atoms with Crippen LogP contribution in [0.25, 0.3) is 0 Å². The standard InChI is InChI=1S/C16H12BrNO2/c17-12-6-8-13(9-7-12)18-15(19)10-14(16(18)20)11-4-2-1-3-5-11/h1-9,14H,10H2/t14-/m0/s1. The highest BCUT2D eigenvalue weighted by Gasteiger charge is 2.40. The number of benzene rings is 2. The summed E-state index contributed by atoms with van der Waals surface area (Å²) in [5.74, 6) is -0.665. The maximum absolute atomic E-state index is 12.5. The van der Waals surface area contributed by atoms with Crippen molar-refractivity contribution >= 4 is 33.4 Å². The summed E-state index contributed by atoms with van der Waals surface area (Å²) in [4.78, 5) is 25.9. The molecule has 20 heavy (non-hydrogen) atoms. The largest absolute Gasteiger partial charge is 0.274 e. The number of nitrogens with zero attached hydrogens (tertiary/aromatic N) is 1. The van der Waals surface area contributed by atoms with Crippen LogP contribution in [0.4, 0.5) is 5.69 Å². The molecule has 0 unspecified atom stereocenters. The van der Waals surface area contributed by atoms with Gasteiger partial charge in [-0.15, -0.1) is 0 Å². The van der Waals surface area contributed by atoms with Crippen LogP contribution in [0.2, 0.25) is 0 Å². The van der Waals surface area contributed by atoms with Crippen molar-refractivity contribution in [2.45, 2.75) is 12.3 Å². The summed E-state index contributed by atoms with van der Waals surface area (Å²) in [6.45, 7) is 0. The van der Waals surface area contributed by atoms with Gasteiger partial charge < -0.3 is 0 Å². The third kappa shape index (κ3) is 2.27. The number of amides is 2. The van der Waals surface area contributed by atoms with Gasteiger partial charge in [-0.2, -0.15) is 0 Å². The Balaban J connectivity index is 1.93. The molecule has 0 saturated carbocycles. The minimum Gasteiger partial charge on any atom is -0.274 e. The van der Waals surface area contributed by atoms with Crippen LogP contribution in [0.5, 0.6) is 0 Å². The van der Waals surface area contributed by atoms with E-state index in [1.807, 2.05) is 42.5 Å². The number of rotatable bonds is 2. The summed E-state index contributed by atoms with van der Waals surface area (Å²) < 4.78 is 0.917. The lowest BCUT2D eigenvalue weighted by Crippen LogP contribution is -2.29. The second-order valence-corrected chi connectivity index (χ2v) is 5.63. The van der Waals surface area contributed by atoms with Crippen molar-refractivity contribution in [2.75, 3.05) is 4.90 Å². The summed E-state index contributed by atoms with van der Waals surface area (Å²) in [6, 6.07) is 16.6. The van der Waals surface area contributed by atoms with E-state index in [4.69, 9.17) is 0 Å². The molecule has 3 rings (SSSR count). The van der Waals surface area contributed by atoms with E-state index < -0.39 is 0 Å². The van der Waals surface area contributed by atoms with E-state index in [9.17, 15) is 9.59 Å². The number of imide groups is 1. The Kier molecular flexibility index (Phi) is 3.40. The highest BCUT2D eigenvalue weighted by Crippen LogP contribution is 2.33. The van der Waals surface area contributed by atoms with Crippen LogP contribution < -0.4 is 4.90 Å². The molecule has 0 aliphatic carbocycles. The third-order valence-corrected chi connectivity index (χ3v) is 3.96. The van der Waals surface area contributed by atoms with Crippen LogP contribution in [-0.2, 0) is 9.59 Å². The van der Waals surface area contributed by atoms with Crippen molar-refractivity contribution < 1.29 is 9.59 Å². The molecular weight excluding hydrogens is 318 g/mol. The Morgan fingerprint density at radius 1 is 0.950 bits per heavy atom. The molecule has 0 spiro atoms. The van der Waals surface area contributed by atoms with E-state index in [1.165, 1.54) is 4.90 Å². The number of carbonyl (C=O) groups excluding carboxylic acids is 2. The predicted molar refractivity (Wildman–Crippen MR) is 80.4 cm³/mol. The summed E-state index contributed by atoms with van der Waals surface area (Å²) in [7, 11) is 0. The number of anilines is 1. The molecule has 1 atom stereocenters. The van der Waals surface area contributed by atoms with E-state index in [0.717, 1.165) is 10.0 Å². The fourth-order valence-corrected chi connectivity index (χ4v) is 2.70.